The van der Waals surface area contributed by atoms with Crippen molar-refractivity contribution in [3.63, 3.8) is 0 Å². The lowest BCUT2D eigenvalue weighted by atomic mass is 9.91. The van der Waals surface area contributed by atoms with Crippen LogP contribution in [0, 0.1) is 0 Å². The first-order valence-electron chi connectivity index (χ1n) is 5.37. The maximum Gasteiger partial charge on any atom is 0.322 e. The van der Waals surface area contributed by atoms with Crippen LogP contribution < -0.4 is 20.1 Å². The lowest BCUT2D eigenvalue weighted by molar-refractivity contribution is -0.123. The van der Waals surface area contributed by atoms with Gasteiger partial charge in [0.15, 0.2) is 0 Å². The number of hydrogen-bond donors (Lipinski definition) is 2. The Morgan fingerprint density at radius 3 is 2.39 bits per heavy atom. The topological polar surface area (TPSA) is 76.7 Å². The quantitative estimate of drug-likeness (QED) is 0.776. The SMILES string of the molecule is COc1ccc(C2(C)NC(=O)NC2=O)c(OC)c1. The van der Waals surface area contributed by atoms with Gasteiger partial charge in [0.25, 0.3) is 5.91 Å². The fourth-order valence-corrected chi connectivity index (χ4v) is 1.94. The summed E-state index contributed by atoms with van der Waals surface area (Å²) in [7, 11) is 3.04. The number of ether oxygens (including phenoxy) is 2. The third-order valence-electron chi connectivity index (χ3n) is 2.99. The summed E-state index contributed by atoms with van der Waals surface area (Å²) in [6.45, 7) is 1.62. The van der Waals surface area contributed by atoms with Crippen molar-refractivity contribution in [3.8, 4) is 11.5 Å². The molecule has 6 heteroatoms. The first kappa shape index (κ1) is 12.2. The van der Waals surface area contributed by atoms with E-state index in [9.17, 15) is 9.59 Å². The monoisotopic (exact) mass is 250 g/mol. The number of carbonyl (C=O) groups is 2. The summed E-state index contributed by atoms with van der Waals surface area (Å²) in [6.07, 6.45) is 0. The molecule has 0 aliphatic carbocycles. The summed E-state index contributed by atoms with van der Waals surface area (Å²) in [5.74, 6) is 0.689. The number of imide groups is 1. The van der Waals surface area contributed by atoms with Crippen LogP contribution in [-0.2, 0) is 10.3 Å². The largest absolute Gasteiger partial charge is 0.497 e. The summed E-state index contributed by atoms with van der Waals surface area (Å²) in [4.78, 5) is 23.1. The van der Waals surface area contributed by atoms with Crippen LogP contribution in [0.2, 0.25) is 0 Å². The van der Waals surface area contributed by atoms with Crippen molar-refractivity contribution in [2.75, 3.05) is 14.2 Å². The third-order valence-corrected chi connectivity index (χ3v) is 2.99. The summed E-state index contributed by atoms with van der Waals surface area (Å²) in [5.41, 5.74) is -0.552. The molecule has 18 heavy (non-hydrogen) atoms. The number of nitrogens with one attached hydrogen (secondary N) is 2. The molecule has 1 atom stereocenters. The zero-order chi connectivity index (χ0) is 13.3. The molecular formula is C12H14N2O4. The predicted molar refractivity (Wildman–Crippen MR) is 63.6 cm³/mol. The Bertz CT molecular complexity index is 515. The van der Waals surface area contributed by atoms with Crippen molar-refractivity contribution in [3.05, 3.63) is 23.8 Å². The van der Waals surface area contributed by atoms with Crippen LogP contribution >= 0.6 is 0 Å². The van der Waals surface area contributed by atoms with E-state index in [1.807, 2.05) is 0 Å². The van der Waals surface area contributed by atoms with Crippen LogP contribution in [0.25, 0.3) is 0 Å². The Balaban J connectivity index is 2.50. The Morgan fingerprint density at radius 2 is 1.89 bits per heavy atom. The van der Waals surface area contributed by atoms with Crippen molar-refractivity contribution in [1.82, 2.24) is 10.6 Å². The van der Waals surface area contributed by atoms with Crippen molar-refractivity contribution in [2.45, 2.75) is 12.5 Å². The van der Waals surface area contributed by atoms with Gasteiger partial charge < -0.3 is 14.8 Å². The first-order chi connectivity index (χ1) is 8.51. The van der Waals surface area contributed by atoms with Gasteiger partial charge in [-0.3, -0.25) is 10.1 Å². The van der Waals surface area contributed by atoms with E-state index in [-0.39, 0.29) is 0 Å². The normalized spacial score (nSPS) is 22.4. The molecule has 1 unspecified atom stereocenters. The maximum absolute atomic E-state index is 11.8. The van der Waals surface area contributed by atoms with Crippen molar-refractivity contribution >= 4 is 11.9 Å². The molecule has 1 heterocycles. The Morgan fingerprint density at radius 1 is 1.17 bits per heavy atom. The van der Waals surface area contributed by atoms with Crippen LogP contribution in [0.1, 0.15) is 12.5 Å². The summed E-state index contributed by atoms with van der Waals surface area (Å²) in [6, 6.07) is 4.56. The maximum atomic E-state index is 11.8. The molecule has 0 spiro atoms. The minimum absolute atomic E-state index is 0.407. The Kier molecular flexibility index (Phi) is 2.86. The minimum atomic E-state index is -1.13. The van der Waals surface area contributed by atoms with E-state index < -0.39 is 17.5 Å². The highest BCUT2D eigenvalue weighted by Crippen LogP contribution is 2.34. The molecule has 1 fully saturated rings. The van der Waals surface area contributed by atoms with Crippen LogP contribution in [0.4, 0.5) is 4.79 Å². The Labute approximate surface area is 104 Å². The lowest BCUT2D eigenvalue weighted by Gasteiger charge is -2.23. The molecule has 0 aromatic heterocycles. The average Bonchev–Trinajstić information content (AvgIpc) is 2.63. The van der Waals surface area contributed by atoms with Gasteiger partial charge in [0.2, 0.25) is 0 Å². The number of hydrogen-bond acceptors (Lipinski definition) is 4. The molecule has 2 rings (SSSR count). The van der Waals surface area contributed by atoms with Gasteiger partial charge >= 0.3 is 6.03 Å². The van der Waals surface area contributed by atoms with Crippen molar-refractivity contribution in [1.29, 1.82) is 0 Å². The molecule has 0 radical (unpaired) electrons. The molecule has 0 saturated carbocycles. The minimum Gasteiger partial charge on any atom is -0.497 e. The van der Waals surface area contributed by atoms with E-state index in [2.05, 4.69) is 10.6 Å². The van der Waals surface area contributed by atoms with Gasteiger partial charge in [0.05, 0.1) is 14.2 Å². The second-order valence-corrected chi connectivity index (χ2v) is 4.10. The smallest absolute Gasteiger partial charge is 0.322 e. The third kappa shape index (κ3) is 1.75. The van der Waals surface area contributed by atoms with Crippen molar-refractivity contribution < 1.29 is 19.1 Å². The fourth-order valence-electron chi connectivity index (χ4n) is 1.94. The van der Waals surface area contributed by atoms with E-state index in [4.69, 9.17) is 9.47 Å². The van der Waals surface area contributed by atoms with Gasteiger partial charge in [-0.2, -0.15) is 0 Å². The van der Waals surface area contributed by atoms with Crippen LogP contribution in [0.5, 0.6) is 11.5 Å². The lowest BCUT2D eigenvalue weighted by Crippen LogP contribution is -2.40. The van der Waals surface area contributed by atoms with Crippen LogP contribution in [0.15, 0.2) is 18.2 Å². The molecule has 1 aliphatic rings. The second-order valence-electron chi connectivity index (χ2n) is 4.10. The van der Waals surface area contributed by atoms with E-state index in [1.54, 1.807) is 32.2 Å². The van der Waals surface area contributed by atoms with Gasteiger partial charge in [-0.25, -0.2) is 4.79 Å². The highest BCUT2D eigenvalue weighted by atomic mass is 16.5. The molecule has 96 valence electrons. The van der Waals surface area contributed by atoms with Gasteiger partial charge in [-0.05, 0) is 19.1 Å². The predicted octanol–water partition coefficient (Wildman–Crippen LogP) is 0.758. The molecule has 1 aromatic rings. The molecule has 6 nitrogen and oxygen atoms in total. The van der Waals surface area contributed by atoms with Gasteiger partial charge in [-0.1, -0.05) is 0 Å². The van der Waals surface area contributed by atoms with Gasteiger partial charge in [0, 0.05) is 11.6 Å². The summed E-state index contributed by atoms with van der Waals surface area (Å²) < 4.78 is 10.3. The standard InChI is InChI=1S/C12H14N2O4/c1-12(10(15)13-11(16)14-12)8-5-4-7(17-2)6-9(8)18-3/h4-6H,1-3H3,(H2,13,14,15,16). The number of methoxy groups -OCH3 is 2. The molecule has 0 bridgehead atoms. The molecular weight excluding hydrogens is 236 g/mol. The van der Waals surface area contributed by atoms with Crippen LogP contribution in [0.3, 0.4) is 0 Å². The number of amides is 3. The zero-order valence-corrected chi connectivity index (χ0v) is 10.4. The van der Waals surface area contributed by atoms with Gasteiger partial charge in [-0.15, -0.1) is 0 Å². The van der Waals surface area contributed by atoms with E-state index in [1.165, 1.54) is 7.11 Å². The summed E-state index contributed by atoms with van der Waals surface area (Å²) >= 11 is 0. The van der Waals surface area contributed by atoms with E-state index in [0.29, 0.717) is 17.1 Å². The van der Waals surface area contributed by atoms with Crippen molar-refractivity contribution in [2.24, 2.45) is 0 Å². The first-order valence-corrected chi connectivity index (χ1v) is 5.37. The van der Waals surface area contributed by atoms with Gasteiger partial charge in [0.1, 0.15) is 17.0 Å². The number of rotatable bonds is 3. The second kappa shape index (κ2) is 4.21. The van der Waals surface area contributed by atoms with E-state index >= 15 is 0 Å². The molecule has 2 N–H and O–H groups in total. The number of benzene rings is 1. The molecule has 1 aromatic carbocycles. The number of carbonyl (C=O) groups excluding carboxylic acids is 2. The molecule has 3 amide bonds. The molecule has 1 saturated heterocycles. The highest BCUT2D eigenvalue weighted by Gasteiger charge is 2.45. The average molecular weight is 250 g/mol. The van der Waals surface area contributed by atoms with Crippen LogP contribution in [-0.4, -0.2) is 26.2 Å². The summed E-state index contributed by atoms with van der Waals surface area (Å²) in [5, 5.41) is 4.80. The Hall–Kier alpha value is -2.24. The van der Waals surface area contributed by atoms with E-state index in [0.717, 1.165) is 0 Å². The highest BCUT2D eigenvalue weighted by molar-refractivity contribution is 6.07. The fraction of sp³-hybridized carbons (Fsp3) is 0.333. The molecule has 1 aliphatic heterocycles. The number of urea groups is 1. The zero-order valence-electron chi connectivity index (χ0n) is 10.4.